The second-order valence-corrected chi connectivity index (χ2v) is 29.3. The van der Waals surface area contributed by atoms with Gasteiger partial charge in [0.25, 0.3) is 30.4 Å². The van der Waals surface area contributed by atoms with Crippen LogP contribution in [0.3, 0.4) is 0 Å². The maximum atomic E-state index is 12.8. The number of unbranched alkanes of at least 4 members (excludes halogenated alkanes) is 2. The SMILES string of the molecule is CC(C)NCC(O)COc1ccccc1CCCSCC(=O)NCCOCCOCCNC(=O)CCCCCC1(C)/C(=C/C=C/C=C/C2=[N+](CCCS(=O)(=O)O)c3ccc(S(=O)(=O)O)cc3C2(C)C)N(CCCS(=O)(=O)[O-])c2ccc(S(=O)(=O)O)cc21. The third-order valence-corrected chi connectivity index (χ3v) is 19.0. The molecule has 0 aromatic heterocycles. The zero-order valence-electron chi connectivity index (χ0n) is 50.0. The fourth-order valence-corrected chi connectivity index (χ4v) is 13.1. The van der Waals surface area contributed by atoms with Gasteiger partial charge in [0.05, 0.1) is 63.3 Å². The van der Waals surface area contributed by atoms with Gasteiger partial charge in [0, 0.05) is 85.3 Å². The Morgan fingerprint density at radius 1 is 0.759 bits per heavy atom. The highest BCUT2D eigenvalue weighted by Crippen LogP contribution is 2.51. The summed E-state index contributed by atoms with van der Waals surface area (Å²) in [6.45, 7) is 12.2. The minimum atomic E-state index is -4.66. The van der Waals surface area contributed by atoms with E-state index in [1.165, 1.54) is 36.4 Å². The molecule has 0 saturated heterocycles. The van der Waals surface area contributed by atoms with Gasteiger partial charge in [-0.15, -0.1) is 0 Å². The molecule has 0 saturated carbocycles. The molecule has 5 rings (SSSR count). The maximum absolute atomic E-state index is 12.8. The van der Waals surface area contributed by atoms with Crippen molar-refractivity contribution < 1.29 is 85.4 Å². The molecule has 7 N–H and O–H groups in total. The molecule has 28 heteroatoms. The van der Waals surface area contributed by atoms with Crippen molar-refractivity contribution in [1.29, 1.82) is 0 Å². The van der Waals surface area contributed by atoms with Crippen LogP contribution in [0, 0.1) is 0 Å². The Morgan fingerprint density at radius 2 is 1.41 bits per heavy atom. The summed E-state index contributed by atoms with van der Waals surface area (Å²) in [4.78, 5) is 26.3. The van der Waals surface area contributed by atoms with Crippen molar-refractivity contribution in [1.82, 2.24) is 16.0 Å². The molecule has 0 fully saturated rings. The average Bonchev–Trinajstić information content (AvgIpc) is 1.63. The topological polar surface area (TPSA) is 345 Å². The van der Waals surface area contributed by atoms with E-state index < -0.39 is 68.9 Å². The summed E-state index contributed by atoms with van der Waals surface area (Å²) in [5.41, 5.74) is 2.68. The predicted octanol–water partition coefficient (Wildman–Crippen LogP) is 5.86. The number of allylic oxidation sites excluding steroid dienone is 6. The van der Waals surface area contributed by atoms with Crippen LogP contribution in [0.2, 0.25) is 0 Å². The third kappa shape index (κ3) is 23.7. The average molecular weight is 1310 g/mol. The van der Waals surface area contributed by atoms with Crippen LogP contribution in [0.15, 0.2) is 107 Å². The minimum Gasteiger partial charge on any atom is -0.748 e. The Bertz CT molecular complexity index is 3410. The number of thioether (sulfide) groups is 1. The number of rotatable bonds is 40. The smallest absolute Gasteiger partial charge is 0.294 e. The molecule has 0 aliphatic carbocycles. The van der Waals surface area contributed by atoms with E-state index in [9.17, 15) is 66.6 Å². The van der Waals surface area contributed by atoms with Crippen molar-refractivity contribution in [2.45, 2.75) is 125 Å². The zero-order valence-corrected chi connectivity index (χ0v) is 54.1. The van der Waals surface area contributed by atoms with Gasteiger partial charge >= 0.3 is 0 Å². The first-order valence-electron chi connectivity index (χ1n) is 28.9. The van der Waals surface area contributed by atoms with Gasteiger partial charge in [0.15, 0.2) is 5.71 Å². The molecule has 0 bridgehead atoms. The van der Waals surface area contributed by atoms with Crippen molar-refractivity contribution in [3.63, 3.8) is 0 Å². The first-order valence-corrected chi connectivity index (χ1v) is 36.1. The van der Waals surface area contributed by atoms with E-state index in [-0.39, 0.29) is 86.4 Å². The van der Waals surface area contributed by atoms with Gasteiger partial charge in [-0.25, -0.2) is 8.42 Å². The molecule has 2 amide bonds. The molecular formula is C59H85N5O18S5. The summed E-state index contributed by atoms with van der Waals surface area (Å²) in [7, 11) is -18.1. The molecule has 3 aromatic carbocycles. The zero-order chi connectivity index (χ0) is 64.1. The summed E-state index contributed by atoms with van der Waals surface area (Å²) in [5, 5.41) is 19.1. The largest absolute Gasteiger partial charge is 0.748 e. The number of ether oxygens (including phenoxy) is 3. The molecule has 484 valence electrons. The fourth-order valence-electron chi connectivity index (χ4n) is 10.3. The molecule has 2 atom stereocenters. The Labute approximate surface area is 517 Å². The van der Waals surface area contributed by atoms with Crippen molar-refractivity contribution in [3.05, 3.63) is 113 Å². The van der Waals surface area contributed by atoms with Gasteiger partial charge in [-0.05, 0) is 112 Å². The second-order valence-electron chi connectivity index (χ2n) is 22.3. The highest BCUT2D eigenvalue weighted by Gasteiger charge is 2.46. The Hall–Kier alpha value is -5.08. The molecule has 87 heavy (non-hydrogen) atoms. The van der Waals surface area contributed by atoms with Crippen LogP contribution in [-0.2, 0) is 76.8 Å². The first-order chi connectivity index (χ1) is 40.9. The van der Waals surface area contributed by atoms with Crippen LogP contribution < -0.4 is 25.6 Å². The van der Waals surface area contributed by atoms with Gasteiger partial charge in [0.2, 0.25) is 17.5 Å². The number of aryl methyl sites for hydroxylation is 1. The Balaban J connectivity index is 1.09. The van der Waals surface area contributed by atoms with Gasteiger partial charge in [-0.1, -0.05) is 63.1 Å². The van der Waals surface area contributed by atoms with E-state index in [0.29, 0.717) is 91.6 Å². The number of amides is 2. The highest BCUT2D eigenvalue weighted by atomic mass is 32.2. The van der Waals surface area contributed by atoms with Crippen molar-refractivity contribution >= 4 is 81.1 Å². The number of carbonyl (C=O) groups is 2. The lowest BCUT2D eigenvalue weighted by Gasteiger charge is -2.30. The standard InChI is InChI=1S/C59H85N5O18S5/c1-44(2)62-41-46(65)42-82-53-19-12-11-17-45(53)18-14-36-83-43-57(67)61-29-33-81-35-34-80-32-28-60-56(66)22-10-7-13-27-59(5)50-40-48(87(77,78)79)24-26-52(50)64(31-16-38-85(71,72)73)55(59)21-9-6-8-20-54-58(3,4)49-39-47(86(74,75)76)23-25-51(49)63(54)30-15-37-84(68,69)70/h6,8-9,11-12,17,19-21,23-26,39-40,44,46,62,65H,7,10,13-16,18,22,27-38,41-43H2,1-5H3,(H5-,60,61,66,67,68,69,70,71,72,73,74,75,76,77,78,79). The van der Waals surface area contributed by atoms with E-state index in [2.05, 4.69) is 16.0 Å². The summed E-state index contributed by atoms with van der Waals surface area (Å²) < 4.78 is 156. The first kappa shape index (κ1) is 72.7. The summed E-state index contributed by atoms with van der Waals surface area (Å²) in [5.74, 6) is 0.411. The third-order valence-electron chi connectivity index (χ3n) is 14.7. The summed E-state index contributed by atoms with van der Waals surface area (Å²) in [6, 6.07) is 16.3. The summed E-state index contributed by atoms with van der Waals surface area (Å²) >= 11 is 1.55. The molecule has 23 nitrogen and oxygen atoms in total. The summed E-state index contributed by atoms with van der Waals surface area (Å²) in [6.07, 6.45) is 11.9. The predicted molar refractivity (Wildman–Crippen MR) is 334 cm³/mol. The van der Waals surface area contributed by atoms with Gasteiger partial charge in [-0.2, -0.15) is 41.6 Å². The fraction of sp³-hybridized carbons (Fsp3) is 0.542. The molecule has 2 heterocycles. The van der Waals surface area contributed by atoms with E-state index >= 15 is 0 Å². The number of anilines is 1. The number of nitrogens with one attached hydrogen (secondary N) is 3. The molecule has 0 radical (unpaired) electrons. The van der Waals surface area contributed by atoms with Crippen LogP contribution in [0.4, 0.5) is 11.4 Å². The number of benzene rings is 3. The van der Waals surface area contributed by atoms with Crippen LogP contribution in [0.5, 0.6) is 5.75 Å². The molecular weight excluding hydrogens is 1230 g/mol. The van der Waals surface area contributed by atoms with E-state index in [0.717, 1.165) is 29.9 Å². The number of carbonyl (C=O) groups excluding carboxylic acids is 2. The minimum absolute atomic E-state index is 0.0206. The maximum Gasteiger partial charge on any atom is 0.294 e. The number of hydrogen-bond donors (Lipinski definition) is 7. The number of para-hydroxylation sites is 1. The number of hydrogen-bond acceptors (Lipinski definition) is 18. The van der Waals surface area contributed by atoms with Crippen molar-refractivity contribution in [2.24, 2.45) is 0 Å². The highest BCUT2D eigenvalue weighted by molar-refractivity contribution is 7.99. The second kappa shape index (κ2) is 33.7. The van der Waals surface area contributed by atoms with Gasteiger partial charge < -0.3 is 44.7 Å². The lowest BCUT2D eigenvalue weighted by atomic mass is 9.77. The number of nitrogens with zero attached hydrogens (tertiary/aromatic N) is 2. The number of fused-ring (bicyclic) bond motifs is 2. The van der Waals surface area contributed by atoms with E-state index in [1.807, 2.05) is 63.8 Å². The Morgan fingerprint density at radius 3 is 2.07 bits per heavy atom. The van der Waals surface area contributed by atoms with Crippen LogP contribution in [0.1, 0.15) is 103 Å². The van der Waals surface area contributed by atoms with E-state index in [4.69, 9.17) is 14.2 Å². The van der Waals surface area contributed by atoms with E-state index in [1.54, 1.807) is 46.7 Å². The van der Waals surface area contributed by atoms with Crippen molar-refractivity contribution in [2.75, 3.05) is 93.7 Å². The quantitative estimate of drug-likeness (QED) is 0.0152. The molecule has 2 aliphatic rings. The normalized spacial score (nSPS) is 17.0. The molecule has 0 spiro atoms. The number of aliphatic hydroxyl groups excluding tert-OH is 1. The lowest BCUT2D eigenvalue weighted by Crippen LogP contribution is -2.35. The van der Waals surface area contributed by atoms with Crippen LogP contribution in [-0.4, -0.2) is 180 Å². The van der Waals surface area contributed by atoms with Gasteiger partial charge in [0.1, 0.15) is 25.0 Å². The van der Waals surface area contributed by atoms with Crippen LogP contribution >= 0.6 is 11.8 Å². The van der Waals surface area contributed by atoms with Crippen LogP contribution in [0.25, 0.3) is 0 Å². The molecule has 3 aromatic rings. The Kier molecular flexibility index (Phi) is 28.1. The molecule has 2 aliphatic heterocycles. The lowest BCUT2D eigenvalue weighted by molar-refractivity contribution is -0.437. The number of aliphatic hydroxyl groups is 1. The van der Waals surface area contributed by atoms with Gasteiger partial charge in [-0.3, -0.25) is 23.2 Å². The monoisotopic (exact) mass is 1310 g/mol. The van der Waals surface area contributed by atoms with Crippen molar-refractivity contribution in [3.8, 4) is 5.75 Å². The molecule has 2 unspecified atom stereocenters.